The van der Waals surface area contributed by atoms with E-state index in [1.54, 1.807) is 10.7 Å². The van der Waals surface area contributed by atoms with E-state index >= 15 is 0 Å². The molecule has 0 N–H and O–H groups in total. The van der Waals surface area contributed by atoms with E-state index in [9.17, 15) is 9.18 Å². The third-order valence-corrected chi connectivity index (χ3v) is 3.91. The van der Waals surface area contributed by atoms with E-state index in [-0.39, 0.29) is 18.0 Å². The second-order valence-corrected chi connectivity index (χ2v) is 5.38. The van der Waals surface area contributed by atoms with Crippen molar-refractivity contribution in [2.75, 3.05) is 0 Å². The maximum absolute atomic E-state index is 13.3. The van der Waals surface area contributed by atoms with Gasteiger partial charge in [-0.2, -0.15) is 5.10 Å². The van der Waals surface area contributed by atoms with E-state index < -0.39 is 0 Å². The van der Waals surface area contributed by atoms with Gasteiger partial charge in [0.25, 0.3) is 0 Å². The normalized spacial score (nSPS) is 10.8. The molecule has 106 valence electrons. The van der Waals surface area contributed by atoms with Gasteiger partial charge in [-0.3, -0.25) is 9.48 Å². The summed E-state index contributed by atoms with van der Waals surface area (Å²) >= 11 is 3.34. The van der Waals surface area contributed by atoms with Crippen LogP contribution in [0, 0.1) is 5.82 Å². The second kappa shape index (κ2) is 6.31. The molecule has 0 fully saturated rings. The highest BCUT2D eigenvalue weighted by Crippen LogP contribution is 2.20. The minimum Gasteiger partial charge on any atom is -0.292 e. The van der Waals surface area contributed by atoms with E-state index in [1.165, 1.54) is 12.1 Å². The number of halogens is 2. The van der Waals surface area contributed by atoms with Crippen molar-refractivity contribution in [3.05, 3.63) is 51.5 Å². The summed E-state index contributed by atoms with van der Waals surface area (Å²) in [5.41, 5.74) is 2.13. The fraction of sp³-hybridized carbons (Fsp3) is 0.333. The zero-order valence-corrected chi connectivity index (χ0v) is 13.1. The van der Waals surface area contributed by atoms with Gasteiger partial charge in [-0.05, 0) is 43.2 Å². The number of carbonyl (C=O) groups excluding carboxylic acids is 1. The summed E-state index contributed by atoms with van der Waals surface area (Å²) in [6, 6.07) is 6.19. The lowest BCUT2D eigenvalue weighted by atomic mass is 10.1. The van der Waals surface area contributed by atoms with Crippen LogP contribution in [0.15, 0.2) is 28.7 Å². The number of nitrogens with zero attached hydrogens (tertiary/aromatic N) is 2. The zero-order valence-electron chi connectivity index (χ0n) is 11.5. The van der Waals surface area contributed by atoms with Crippen LogP contribution in [0.3, 0.4) is 0 Å². The Hall–Kier alpha value is -1.49. The van der Waals surface area contributed by atoms with Crippen molar-refractivity contribution in [1.82, 2.24) is 9.78 Å². The average molecular weight is 339 g/mol. The van der Waals surface area contributed by atoms with E-state index in [0.717, 1.165) is 16.6 Å². The number of aromatic nitrogens is 2. The Balaban J connectivity index is 2.28. The SMILES string of the molecule is CCc1cc(C(=O)Cc2cc(F)ccc2Br)n(CC)n1. The third-order valence-electron chi connectivity index (χ3n) is 3.14. The van der Waals surface area contributed by atoms with Crippen molar-refractivity contribution in [2.45, 2.75) is 33.2 Å². The van der Waals surface area contributed by atoms with Crippen molar-refractivity contribution >= 4 is 21.7 Å². The number of rotatable bonds is 5. The minimum absolute atomic E-state index is 0.0506. The van der Waals surface area contributed by atoms with Crippen molar-refractivity contribution in [2.24, 2.45) is 0 Å². The van der Waals surface area contributed by atoms with Crippen LogP contribution in [0.25, 0.3) is 0 Å². The molecule has 0 amide bonds. The van der Waals surface area contributed by atoms with Crippen LogP contribution in [0.4, 0.5) is 4.39 Å². The van der Waals surface area contributed by atoms with Crippen LogP contribution in [-0.2, 0) is 19.4 Å². The molecule has 0 aliphatic carbocycles. The van der Waals surface area contributed by atoms with E-state index in [0.29, 0.717) is 17.8 Å². The van der Waals surface area contributed by atoms with Crippen molar-refractivity contribution < 1.29 is 9.18 Å². The second-order valence-electron chi connectivity index (χ2n) is 4.53. The highest BCUT2D eigenvalue weighted by Gasteiger charge is 2.16. The molecule has 0 saturated heterocycles. The van der Waals surface area contributed by atoms with Crippen LogP contribution >= 0.6 is 15.9 Å². The topological polar surface area (TPSA) is 34.9 Å². The van der Waals surface area contributed by atoms with Crippen LogP contribution in [0.2, 0.25) is 0 Å². The summed E-state index contributed by atoms with van der Waals surface area (Å²) < 4.78 is 15.7. The Morgan fingerprint density at radius 2 is 2.10 bits per heavy atom. The van der Waals surface area contributed by atoms with E-state index in [1.807, 2.05) is 19.9 Å². The molecule has 0 spiro atoms. The van der Waals surface area contributed by atoms with Crippen LogP contribution in [-0.4, -0.2) is 15.6 Å². The molecule has 2 rings (SSSR count). The molecule has 0 unspecified atom stereocenters. The number of carbonyl (C=O) groups is 1. The predicted molar refractivity (Wildman–Crippen MR) is 79.4 cm³/mol. The maximum atomic E-state index is 13.3. The fourth-order valence-corrected chi connectivity index (χ4v) is 2.44. The van der Waals surface area contributed by atoms with Gasteiger partial charge in [-0.15, -0.1) is 0 Å². The molecule has 0 aliphatic rings. The molecule has 0 saturated carbocycles. The highest BCUT2D eigenvalue weighted by molar-refractivity contribution is 9.10. The summed E-state index contributed by atoms with van der Waals surface area (Å²) in [6.45, 7) is 4.59. The predicted octanol–water partition coefficient (Wildman–Crippen LogP) is 3.79. The fourth-order valence-electron chi connectivity index (χ4n) is 2.05. The van der Waals surface area contributed by atoms with Crippen LogP contribution < -0.4 is 0 Å². The number of ketones is 1. The Kier molecular flexibility index (Phi) is 4.70. The lowest BCUT2D eigenvalue weighted by Crippen LogP contribution is -2.12. The molecule has 0 radical (unpaired) electrons. The van der Waals surface area contributed by atoms with Gasteiger partial charge in [-0.1, -0.05) is 22.9 Å². The van der Waals surface area contributed by atoms with Gasteiger partial charge in [0, 0.05) is 17.4 Å². The summed E-state index contributed by atoms with van der Waals surface area (Å²) in [5, 5.41) is 4.36. The molecule has 0 atom stereocenters. The number of Topliss-reactive ketones (excluding diaryl/α,β-unsaturated/α-hetero) is 1. The van der Waals surface area contributed by atoms with E-state index in [4.69, 9.17) is 0 Å². The molecule has 5 heteroatoms. The van der Waals surface area contributed by atoms with E-state index in [2.05, 4.69) is 21.0 Å². The van der Waals surface area contributed by atoms with Gasteiger partial charge < -0.3 is 0 Å². The van der Waals surface area contributed by atoms with Gasteiger partial charge in [0.1, 0.15) is 11.5 Å². The Morgan fingerprint density at radius 1 is 1.35 bits per heavy atom. The lowest BCUT2D eigenvalue weighted by molar-refractivity contribution is 0.0982. The molecule has 1 aromatic heterocycles. The summed E-state index contributed by atoms with van der Waals surface area (Å²) in [5.74, 6) is -0.389. The number of aryl methyl sites for hydroxylation is 2. The molecule has 1 aromatic carbocycles. The van der Waals surface area contributed by atoms with Gasteiger partial charge in [-0.25, -0.2) is 4.39 Å². The number of hydrogen-bond acceptors (Lipinski definition) is 2. The van der Waals surface area contributed by atoms with Gasteiger partial charge in [0.15, 0.2) is 5.78 Å². The largest absolute Gasteiger partial charge is 0.292 e. The van der Waals surface area contributed by atoms with Crippen molar-refractivity contribution in [3.63, 3.8) is 0 Å². The van der Waals surface area contributed by atoms with Crippen LogP contribution in [0.1, 0.15) is 35.6 Å². The lowest BCUT2D eigenvalue weighted by Gasteiger charge is -2.06. The molecule has 3 nitrogen and oxygen atoms in total. The Labute approximate surface area is 125 Å². The highest BCUT2D eigenvalue weighted by atomic mass is 79.9. The Morgan fingerprint density at radius 3 is 2.75 bits per heavy atom. The summed E-state index contributed by atoms with van der Waals surface area (Å²) in [6.07, 6.45) is 0.949. The summed E-state index contributed by atoms with van der Waals surface area (Å²) in [7, 11) is 0. The number of benzene rings is 1. The van der Waals surface area contributed by atoms with Gasteiger partial charge in [0.05, 0.1) is 5.69 Å². The molecule has 1 heterocycles. The quantitative estimate of drug-likeness (QED) is 0.777. The molecule has 0 bridgehead atoms. The molecular formula is C15H16BrFN2O. The smallest absolute Gasteiger partial charge is 0.185 e. The standard InChI is InChI=1S/C15H16BrFN2O/c1-3-12-9-14(19(4-2)18-12)15(20)8-10-7-11(17)5-6-13(10)16/h5-7,9H,3-4,8H2,1-2H3. The average Bonchev–Trinajstić information content (AvgIpc) is 2.86. The third kappa shape index (κ3) is 3.15. The molecule has 20 heavy (non-hydrogen) atoms. The summed E-state index contributed by atoms with van der Waals surface area (Å²) in [4.78, 5) is 12.4. The maximum Gasteiger partial charge on any atom is 0.185 e. The first kappa shape index (κ1) is 14.9. The van der Waals surface area contributed by atoms with Gasteiger partial charge in [0.2, 0.25) is 0 Å². The zero-order chi connectivity index (χ0) is 14.7. The first-order valence-electron chi connectivity index (χ1n) is 6.59. The monoisotopic (exact) mass is 338 g/mol. The Bertz CT molecular complexity index is 637. The van der Waals surface area contributed by atoms with Crippen molar-refractivity contribution in [1.29, 1.82) is 0 Å². The van der Waals surface area contributed by atoms with Crippen LogP contribution in [0.5, 0.6) is 0 Å². The van der Waals surface area contributed by atoms with Crippen molar-refractivity contribution in [3.8, 4) is 0 Å². The number of hydrogen-bond donors (Lipinski definition) is 0. The molecular weight excluding hydrogens is 323 g/mol. The van der Waals surface area contributed by atoms with Gasteiger partial charge >= 0.3 is 0 Å². The molecule has 0 aliphatic heterocycles. The molecule has 2 aromatic rings. The minimum atomic E-state index is -0.339. The first-order valence-corrected chi connectivity index (χ1v) is 7.38. The first-order chi connectivity index (χ1) is 9.55.